The molecule has 0 bridgehead atoms. The van der Waals surface area contributed by atoms with E-state index in [1.807, 2.05) is 0 Å². The Morgan fingerprint density at radius 2 is 1.23 bits per heavy atom. The Morgan fingerprint density at radius 3 is 1.55 bits per heavy atom. The van der Waals surface area contributed by atoms with Gasteiger partial charge in [0, 0.05) is 12.1 Å². The third-order valence-corrected chi connectivity index (χ3v) is 3.58. The smallest absolute Gasteiger partial charge is 0.403 e. The standard InChI is InChI=1S/C14H6N6O10S/c15-7-31-16-14(29-12-3-1-8(17(21)22)5-10(12)19(25)26)30-13-4-2-9(18(23)24)6-11(13)20(27)28/h1-6H. The molecule has 158 valence electrons. The lowest BCUT2D eigenvalue weighted by Crippen LogP contribution is -2.17. The molecule has 2 aromatic carbocycles. The molecule has 2 rings (SSSR count). The van der Waals surface area contributed by atoms with E-state index >= 15 is 0 Å². The zero-order valence-corrected chi connectivity index (χ0v) is 15.5. The van der Waals surface area contributed by atoms with Crippen molar-refractivity contribution in [3.8, 4) is 16.9 Å². The van der Waals surface area contributed by atoms with Crippen molar-refractivity contribution in [3.63, 3.8) is 0 Å². The molecule has 17 heteroatoms. The number of rotatable bonds is 7. The van der Waals surface area contributed by atoms with E-state index in [1.54, 1.807) is 0 Å². The zero-order chi connectivity index (χ0) is 23.1. The van der Waals surface area contributed by atoms with Crippen LogP contribution in [0.15, 0.2) is 40.8 Å². The summed E-state index contributed by atoms with van der Waals surface area (Å²) < 4.78 is 13.7. The second kappa shape index (κ2) is 9.57. The number of non-ortho nitro benzene ring substituents is 2. The molecule has 0 aliphatic rings. The fraction of sp³-hybridized carbons (Fsp3) is 0. The van der Waals surface area contributed by atoms with Gasteiger partial charge in [0.15, 0.2) is 5.40 Å². The van der Waals surface area contributed by atoms with Crippen molar-refractivity contribution in [2.45, 2.75) is 0 Å². The second-order valence-corrected chi connectivity index (χ2v) is 5.62. The van der Waals surface area contributed by atoms with Crippen molar-refractivity contribution in [3.05, 3.63) is 76.9 Å². The van der Waals surface area contributed by atoms with Crippen molar-refractivity contribution < 1.29 is 29.2 Å². The first kappa shape index (κ1) is 22.4. The van der Waals surface area contributed by atoms with Gasteiger partial charge in [-0.2, -0.15) is 5.26 Å². The van der Waals surface area contributed by atoms with Crippen molar-refractivity contribution in [2.24, 2.45) is 4.40 Å². The van der Waals surface area contributed by atoms with Crippen LogP contribution in [-0.2, 0) is 0 Å². The first-order chi connectivity index (χ1) is 14.6. The van der Waals surface area contributed by atoms with Crippen LogP contribution in [0.5, 0.6) is 11.5 Å². The van der Waals surface area contributed by atoms with Gasteiger partial charge in [-0.15, -0.1) is 4.40 Å². The molecule has 31 heavy (non-hydrogen) atoms. The summed E-state index contributed by atoms with van der Waals surface area (Å²) in [6.45, 7) is 0. The molecule has 0 aliphatic heterocycles. The predicted molar refractivity (Wildman–Crippen MR) is 101 cm³/mol. The van der Waals surface area contributed by atoms with E-state index in [0.717, 1.165) is 24.3 Å². The van der Waals surface area contributed by atoms with Gasteiger partial charge in [-0.3, -0.25) is 40.5 Å². The van der Waals surface area contributed by atoms with E-state index < -0.39 is 60.0 Å². The maximum Gasteiger partial charge on any atom is 0.408 e. The van der Waals surface area contributed by atoms with E-state index in [9.17, 15) is 40.5 Å². The molecule has 0 saturated carbocycles. The summed E-state index contributed by atoms with van der Waals surface area (Å²) in [5.74, 6) is -1.17. The van der Waals surface area contributed by atoms with E-state index in [2.05, 4.69) is 4.40 Å². The van der Waals surface area contributed by atoms with Gasteiger partial charge in [-0.25, -0.2) is 0 Å². The average Bonchev–Trinajstić information content (AvgIpc) is 2.71. The van der Waals surface area contributed by atoms with Crippen molar-refractivity contribution >= 4 is 40.8 Å². The molecule has 0 unspecified atom stereocenters. The van der Waals surface area contributed by atoms with Gasteiger partial charge < -0.3 is 9.47 Å². The van der Waals surface area contributed by atoms with E-state index in [0.29, 0.717) is 12.1 Å². The van der Waals surface area contributed by atoms with Crippen LogP contribution in [0.1, 0.15) is 0 Å². The Morgan fingerprint density at radius 1 is 0.806 bits per heavy atom. The number of hydrogen-bond donors (Lipinski definition) is 0. The minimum Gasteiger partial charge on any atom is -0.403 e. The number of thiocyanates is 1. The number of benzene rings is 2. The molecule has 0 heterocycles. The Balaban J connectivity index is 2.47. The summed E-state index contributed by atoms with van der Waals surface area (Å²) in [5, 5.41) is 54.2. The zero-order valence-electron chi connectivity index (χ0n) is 14.6. The summed E-state index contributed by atoms with van der Waals surface area (Å²) in [4.78, 5) is 40.3. The minimum absolute atomic E-state index is 0.187. The summed E-state index contributed by atoms with van der Waals surface area (Å²) in [6.07, 6.45) is -0.888. The molecule has 0 amide bonds. The lowest BCUT2D eigenvalue weighted by molar-refractivity contribution is -0.394. The summed E-state index contributed by atoms with van der Waals surface area (Å²) in [6, 6.07) is 4.67. The number of hydrogen-bond acceptors (Lipinski definition) is 13. The largest absolute Gasteiger partial charge is 0.408 e. The fourth-order valence-electron chi connectivity index (χ4n) is 2.00. The van der Waals surface area contributed by atoms with Crippen molar-refractivity contribution in [1.82, 2.24) is 0 Å². The van der Waals surface area contributed by atoms with Crippen molar-refractivity contribution in [1.29, 1.82) is 5.26 Å². The molecule has 0 radical (unpaired) electrons. The Bertz CT molecular complexity index is 1080. The van der Waals surface area contributed by atoms with Crippen LogP contribution in [-0.4, -0.2) is 25.8 Å². The molecule has 16 nitrogen and oxygen atoms in total. The first-order valence-corrected chi connectivity index (χ1v) is 8.25. The van der Waals surface area contributed by atoms with E-state index in [1.165, 1.54) is 5.40 Å². The third kappa shape index (κ3) is 5.58. The molecule has 0 spiro atoms. The van der Waals surface area contributed by atoms with Crippen LogP contribution < -0.4 is 9.47 Å². The molecular formula is C14H6N6O10S. The molecule has 0 aromatic heterocycles. The average molecular weight is 450 g/mol. The van der Waals surface area contributed by atoms with Gasteiger partial charge in [0.25, 0.3) is 11.4 Å². The molecule has 0 N–H and O–H groups in total. The number of nitriles is 1. The van der Waals surface area contributed by atoms with Gasteiger partial charge >= 0.3 is 17.5 Å². The number of nitro groups is 4. The number of ether oxygens (including phenoxy) is 2. The SMILES string of the molecule is N#CSN=C(Oc1ccc([N+](=O)[O-])cc1[N+](=O)[O-])Oc1ccc([N+](=O)[O-])cc1[N+](=O)[O-]. The molecule has 0 atom stereocenters. The predicted octanol–water partition coefficient (Wildman–Crippen LogP) is 3.26. The highest BCUT2D eigenvalue weighted by Crippen LogP contribution is 2.34. The summed E-state index contributed by atoms with van der Waals surface area (Å²) in [7, 11) is 0. The Hall–Kier alpha value is -4.85. The van der Waals surface area contributed by atoms with Crippen LogP contribution in [0.3, 0.4) is 0 Å². The van der Waals surface area contributed by atoms with Gasteiger partial charge in [0.05, 0.1) is 43.8 Å². The van der Waals surface area contributed by atoms with Crippen LogP contribution in [0, 0.1) is 51.1 Å². The molecule has 2 aromatic rings. The molecule has 0 fully saturated rings. The quantitative estimate of drug-likeness (QED) is 0.148. The Kier molecular flexibility index (Phi) is 6.93. The normalized spacial score (nSPS) is 9.77. The van der Waals surface area contributed by atoms with E-state index in [4.69, 9.17) is 14.7 Å². The second-order valence-electron chi connectivity index (χ2n) is 5.08. The maximum absolute atomic E-state index is 11.2. The van der Waals surface area contributed by atoms with Crippen LogP contribution in [0.25, 0.3) is 0 Å². The first-order valence-electron chi connectivity index (χ1n) is 7.48. The molecular weight excluding hydrogens is 444 g/mol. The maximum atomic E-state index is 11.2. The monoisotopic (exact) mass is 450 g/mol. The van der Waals surface area contributed by atoms with Crippen LogP contribution in [0.4, 0.5) is 22.7 Å². The highest BCUT2D eigenvalue weighted by molar-refractivity contribution is 8.02. The molecule has 0 saturated heterocycles. The van der Waals surface area contributed by atoms with Gasteiger partial charge in [-0.05, 0) is 12.1 Å². The lowest BCUT2D eigenvalue weighted by Gasteiger charge is -2.09. The topological polar surface area (TPSA) is 227 Å². The summed E-state index contributed by atoms with van der Waals surface area (Å²) in [5.41, 5.74) is -2.94. The van der Waals surface area contributed by atoms with Crippen LogP contribution >= 0.6 is 11.9 Å². The van der Waals surface area contributed by atoms with Gasteiger partial charge in [0.1, 0.15) is 0 Å². The van der Waals surface area contributed by atoms with Crippen LogP contribution in [0.2, 0.25) is 0 Å². The lowest BCUT2D eigenvalue weighted by atomic mass is 10.2. The fourth-order valence-corrected chi connectivity index (χ4v) is 2.19. The van der Waals surface area contributed by atoms with Gasteiger partial charge in [-0.1, -0.05) is 0 Å². The van der Waals surface area contributed by atoms with Gasteiger partial charge in [0.2, 0.25) is 11.5 Å². The Labute approximate surface area is 174 Å². The minimum atomic E-state index is -0.994. The van der Waals surface area contributed by atoms with E-state index in [-0.39, 0.29) is 11.9 Å². The molecule has 0 aliphatic carbocycles. The highest BCUT2D eigenvalue weighted by Gasteiger charge is 2.26. The highest BCUT2D eigenvalue weighted by atomic mass is 32.2. The number of nitrogens with zero attached hydrogens (tertiary/aromatic N) is 6. The summed E-state index contributed by atoms with van der Waals surface area (Å²) >= 11 is 0.187. The van der Waals surface area contributed by atoms with Crippen molar-refractivity contribution in [2.75, 3.05) is 0 Å². The number of nitro benzene ring substituents is 4. The third-order valence-electron chi connectivity index (χ3n) is 3.26.